The van der Waals surface area contributed by atoms with E-state index in [0.717, 1.165) is 17.5 Å². The quantitative estimate of drug-likeness (QED) is 0.535. The molecule has 28 heavy (non-hydrogen) atoms. The van der Waals surface area contributed by atoms with Crippen LogP contribution in [0.5, 0.6) is 0 Å². The maximum Gasteiger partial charge on any atom is 0.329 e. The monoisotopic (exact) mass is 398 g/mol. The van der Waals surface area contributed by atoms with E-state index in [-0.39, 0.29) is 17.4 Å². The van der Waals surface area contributed by atoms with Crippen molar-refractivity contribution in [2.45, 2.75) is 46.6 Å². The van der Waals surface area contributed by atoms with Crippen LogP contribution in [0.2, 0.25) is 0 Å². The Hall–Kier alpha value is -2.47. The topological polar surface area (TPSA) is 61.2 Å². The molecule has 3 rings (SSSR count). The number of rotatable bonds is 7. The summed E-state index contributed by atoms with van der Waals surface area (Å²) in [6, 6.07) is 7.55. The van der Waals surface area contributed by atoms with Crippen molar-refractivity contribution in [3.63, 3.8) is 0 Å². The average Bonchev–Trinajstić information content (AvgIpc) is 3.13. The molecule has 0 N–H and O–H groups in total. The van der Waals surface area contributed by atoms with E-state index in [4.69, 9.17) is 4.74 Å². The maximum absolute atomic E-state index is 13.3. The summed E-state index contributed by atoms with van der Waals surface area (Å²) >= 11 is 1.44. The standard InChI is InChI=1S/C22H26N2O3S/c1-5-15-7-9-16(10-8-15)17-12-28-20-19(17)21(25)24(13-23-20)18(6-2)22(26)27-11-14(3)4/h7-10,12-14,18H,5-6,11H2,1-4H3/t18-/m1/s1. The van der Waals surface area contributed by atoms with Gasteiger partial charge in [0.1, 0.15) is 10.9 Å². The zero-order valence-corrected chi connectivity index (χ0v) is 17.6. The number of nitrogens with zero attached hydrogens (tertiary/aromatic N) is 2. The van der Waals surface area contributed by atoms with Gasteiger partial charge in [-0.25, -0.2) is 9.78 Å². The smallest absolute Gasteiger partial charge is 0.329 e. The molecule has 6 heteroatoms. The third-order valence-electron chi connectivity index (χ3n) is 4.75. The van der Waals surface area contributed by atoms with Crippen LogP contribution in [0.15, 0.2) is 40.8 Å². The Kier molecular flexibility index (Phi) is 6.29. The fourth-order valence-electron chi connectivity index (χ4n) is 3.12. The van der Waals surface area contributed by atoms with Crippen molar-refractivity contribution in [3.05, 3.63) is 51.9 Å². The fourth-order valence-corrected chi connectivity index (χ4v) is 4.03. The van der Waals surface area contributed by atoms with Crippen molar-refractivity contribution in [2.24, 2.45) is 5.92 Å². The van der Waals surface area contributed by atoms with Gasteiger partial charge in [0.15, 0.2) is 0 Å². The van der Waals surface area contributed by atoms with E-state index in [1.54, 1.807) is 0 Å². The fraction of sp³-hybridized carbons (Fsp3) is 0.409. The lowest BCUT2D eigenvalue weighted by Crippen LogP contribution is -2.31. The van der Waals surface area contributed by atoms with E-state index in [1.165, 1.54) is 27.8 Å². The summed E-state index contributed by atoms with van der Waals surface area (Å²) in [7, 11) is 0. The second kappa shape index (κ2) is 8.69. The van der Waals surface area contributed by atoms with Crippen LogP contribution in [0.3, 0.4) is 0 Å². The van der Waals surface area contributed by atoms with Crippen molar-refractivity contribution in [1.29, 1.82) is 0 Å². The zero-order valence-electron chi connectivity index (χ0n) is 16.8. The predicted octanol–water partition coefficient (Wildman–Crippen LogP) is 4.84. The molecule has 0 aliphatic heterocycles. The number of hydrogen-bond acceptors (Lipinski definition) is 5. The number of benzene rings is 1. The van der Waals surface area contributed by atoms with Crippen LogP contribution in [0, 0.1) is 5.92 Å². The van der Waals surface area contributed by atoms with Crippen molar-refractivity contribution in [3.8, 4) is 11.1 Å². The lowest BCUT2D eigenvalue weighted by atomic mass is 10.0. The summed E-state index contributed by atoms with van der Waals surface area (Å²) in [6.07, 6.45) is 2.90. The normalized spacial score (nSPS) is 12.5. The van der Waals surface area contributed by atoms with Crippen molar-refractivity contribution < 1.29 is 9.53 Å². The molecule has 2 heterocycles. The number of hydrogen-bond donors (Lipinski definition) is 0. The number of carbonyl (C=O) groups excluding carboxylic acids is 1. The van der Waals surface area contributed by atoms with E-state index in [1.807, 2.05) is 38.3 Å². The largest absolute Gasteiger partial charge is 0.464 e. The van der Waals surface area contributed by atoms with Gasteiger partial charge in [-0.15, -0.1) is 11.3 Å². The van der Waals surface area contributed by atoms with Gasteiger partial charge in [0.25, 0.3) is 5.56 Å². The minimum Gasteiger partial charge on any atom is -0.464 e. The maximum atomic E-state index is 13.3. The molecule has 0 spiro atoms. The van der Waals surface area contributed by atoms with Gasteiger partial charge in [-0.3, -0.25) is 9.36 Å². The zero-order chi connectivity index (χ0) is 20.3. The van der Waals surface area contributed by atoms with Gasteiger partial charge in [-0.2, -0.15) is 0 Å². The molecular formula is C22H26N2O3S. The van der Waals surface area contributed by atoms with Crippen LogP contribution in [0.4, 0.5) is 0 Å². The number of aromatic nitrogens is 2. The first-order chi connectivity index (χ1) is 13.5. The molecule has 1 aromatic carbocycles. The molecule has 0 amide bonds. The van der Waals surface area contributed by atoms with Crippen LogP contribution in [0.1, 0.15) is 45.7 Å². The number of fused-ring (bicyclic) bond motifs is 1. The van der Waals surface area contributed by atoms with Crippen LogP contribution >= 0.6 is 11.3 Å². The number of esters is 1. The van der Waals surface area contributed by atoms with Crippen LogP contribution in [-0.2, 0) is 16.0 Å². The Morgan fingerprint density at radius 2 is 1.93 bits per heavy atom. The van der Waals surface area contributed by atoms with Crippen LogP contribution < -0.4 is 5.56 Å². The first-order valence-electron chi connectivity index (χ1n) is 9.70. The number of thiophene rings is 1. The molecule has 0 saturated carbocycles. The molecule has 0 bridgehead atoms. The minimum atomic E-state index is -0.668. The molecule has 148 valence electrons. The molecule has 1 atom stereocenters. The summed E-state index contributed by atoms with van der Waals surface area (Å²) < 4.78 is 6.79. The molecule has 2 aromatic heterocycles. The minimum absolute atomic E-state index is 0.200. The SMILES string of the molecule is CCc1ccc(-c2csc3ncn([C@H](CC)C(=O)OCC(C)C)c(=O)c23)cc1. The Labute approximate surface area is 169 Å². The van der Waals surface area contributed by atoms with E-state index >= 15 is 0 Å². The Balaban J connectivity index is 2.04. The van der Waals surface area contributed by atoms with Gasteiger partial charge in [0.2, 0.25) is 0 Å². The highest BCUT2D eigenvalue weighted by molar-refractivity contribution is 7.17. The molecule has 0 unspecified atom stereocenters. The highest BCUT2D eigenvalue weighted by Crippen LogP contribution is 2.31. The second-order valence-electron chi connectivity index (χ2n) is 7.28. The first-order valence-corrected chi connectivity index (χ1v) is 10.6. The summed E-state index contributed by atoms with van der Waals surface area (Å²) in [6.45, 7) is 8.29. The summed E-state index contributed by atoms with van der Waals surface area (Å²) in [5.74, 6) is -0.142. The summed E-state index contributed by atoms with van der Waals surface area (Å²) in [5.41, 5.74) is 2.89. The molecule has 0 aliphatic rings. The number of carbonyl (C=O) groups is 1. The van der Waals surface area contributed by atoms with Gasteiger partial charge >= 0.3 is 5.97 Å². The lowest BCUT2D eigenvalue weighted by molar-refractivity contribution is -0.149. The van der Waals surface area contributed by atoms with Crippen molar-refractivity contribution >= 4 is 27.5 Å². The average molecular weight is 399 g/mol. The second-order valence-corrected chi connectivity index (χ2v) is 8.14. The van der Waals surface area contributed by atoms with Gasteiger partial charge in [0.05, 0.1) is 18.3 Å². The lowest BCUT2D eigenvalue weighted by Gasteiger charge is -2.17. The van der Waals surface area contributed by atoms with E-state index < -0.39 is 6.04 Å². The third-order valence-corrected chi connectivity index (χ3v) is 5.63. The Morgan fingerprint density at radius 3 is 2.54 bits per heavy atom. The summed E-state index contributed by atoms with van der Waals surface area (Å²) in [4.78, 5) is 30.9. The molecular weight excluding hydrogens is 372 g/mol. The predicted molar refractivity (Wildman–Crippen MR) is 114 cm³/mol. The van der Waals surface area contributed by atoms with Crippen LogP contribution in [-0.4, -0.2) is 22.1 Å². The molecule has 0 aliphatic carbocycles. The van der Waals surface area contributed by atoms with E-state index in [9.17, 15) is 9.59 Å². The highest BCUT2D eigenvalue weighted by Gasteiger charge is 2.24. The molecule has 0 saturated heterocycles. The molecule has 3 aromatic rings. The molecule has 5 nitrogen and oxygen atoms in total. The first kappa shape index (κ1) is 20.3. The van der Waals surface area contributed by atoms with E-state index in [2.05, 4.69) is 24.0 Å². The Morgan fingerprint density at radius 1 is 1.21 bits per heavy atom. The number of ether oxygens (including phenoxy) is 1. The van der Waals surface area contributed by atoms with Crippen LogP contribution in [0.25, 0.3) is 21.3 Å². The molecule has 0 fully saturated rings. The van der Waals surface area contributed by atoms with Gasteiger partial charge in [-0.1, -0.05) is 52.0 Å². The Bertz CT molecular complexity index is 1020. The van der Waals surface area contributed by atoms with E-state index in [0.29, 0.717) is 23.2 Å². The highest BCUT2D eigenvalue weighted by atomic mass is 32.1. The van der Waals surface area contributed by atoms with Gasteiger partial charge in [-0.05, 0) is 29.9 Å². The number of aryl methyl sites for hydroxylation is 1. The third kappa shape index (κ3) is 4.02. The van der Waals surface area contributed by atoms with Crippen molar-refractivity contribution in [1.82, 2.24) is 9.55 Å². The van der Waals surface area contributed by atoms with Crippen molar-refractivity contribution in [2.75, 3.05) is 6.61 Å². The van der Waals surface area contributed by atoms with Gasteiger partial charge in [0, 0.05) is 10.9 Å². The molecule has 0 radical (unpaired) electrons. The van der Waals surface area contributed by atoms with Gasteiger partial charge < -0.3 is 4.74 Å². The summed E-state index contributed by atoms with van der Waals surface area (Å²) in [5, 5.41) is 2.52.